The fourth-order valence-electron chi connectivity index (χ4n) is 5.07. The Balaban J connectivity index is 1.48. The molecule has 41 heavy (non-hydrogen) atoms. The monoisotopic (exact) mass is 557 g/mol. The van der Waals surface area contributed by atoms with Crippen molar-refractivity contribution in [3.63, 3.8) is 0 Å². The predicted molar refractivity (Wildman–Crippen MR) is 152 cm³/mol. The van der Waals surface area contributed by atoms with Gasteiger partial charge in [0, 0.05) is 5.92 Å². The topological polar surface area (TPSA) is 108 Å². The molecule has 0 saturated heterocycles. The molecule has 8 nitrogen and oxygen atoms in total. The number of nitrogens with one attached hydrogen (secondary N) is 1. The molecule has 1 N–H and O–H groups in total. The predicted octanol–water partition coefficient (Wildman–Crippen LogP) is 4.80. The van der Waals surface area contributed by atoms with Crippen molar-refractivity contribution in [3.05, 3.63) is 95.6 Å². The van der Waals surface area contributed by atoms with Crippen LogP contribution >= 0.6 is 0 Å². The Hall–Kier alpha value is -4.46. The van der Waals surface area contributed by atoms with Crippen LogP contribution in [0.2, 0.25) is 0 Å². The maximum absolute atomic E-state index is 13.5. The van der Waals surface area contributed by atoms with Crippen molar-refractivity contribution in [2.45, 2.75) is 45.8 Å². The Morgan fingerprint density at radius 3 is 1.90 bits per heavy atom. The lowest BCUT2D eigenvalue weighted by molar-refractivity contribution is -0.160. The minimum Gasteiger partial charge on any atom is -0.469 e. The zero-order chi connectivity index (χ0) is 29.6. The summed E-state index contributed by atoms with van der Waals surface area (Å²) >= 11 is 0. The van der Waals surface area contributed by atoms with Crippen LogP contribution < -0.4 is 5.32 Å². The summed E-state index contributed by atoms with van der Waals surface area (Å²) in [6.07, 6.45) is -0.447. The lowest BCUT2D eigenvalue weighted by atomic mass is 9.80. The van der Waals surface area contributed by atoms with Gasteiger partial charge in [0.25, 0.3) is 0 Å². The summed E-state index contributed by atoms with van der Waals surface area (Å²) in [4.78, 5) is 52.0. The number of rotatable bonds is 10. The van der Waals surface area contributed by atoms with E-state index in [1.54, 1.807) is 45.0 Å². The first-order chi connectivity index (χ1) is 19.6. The van der Waals surface area contributed by atoms with Crippen LogP contribution in [0.25, 0.3) is 11.1 Å². The van der Waals surface area contributed by atoms with E-state index >= 15 is 0 Å². The van der Waals surface area contributed by atoms with E-state index in [0.717, 1.165) is 27.8 Å². The van der Waals surface area contributed by atoms with E-state index in [0.29, 0.717) is 0 Å². The number of methoxy groups -OCH3 is 1. The van der Waals surface area contributed by atoms with Crippen LogP contribution in [-0.2, 0) is 40.0 Å². The second-order valence-corrected chi connectivity index (χ2v) is 11.1. The molecule has 0 fully saturated rings. The molecule has 3 aromatic carbocycles. The molecule has 214 valence electrons. The van der Waals surface area contributed by atoms with Crippen molar-refractivity contribution < 1.29 is 33.4 Å². The average Bonchev–Trinajstić information content (AvgIpc) is 3.27. The first kappa shape index (κ1) is 29.5. The van der Waals surface area contributed by atoms with Gasteiger partial charge in [-0.2, -0.15) is 0 Å². The molecule has 0 aromatic heterocycles. The molecule has 8 heteroatoms. The van der Waals surface area contributed by atoms with Crippen LogP contribution in [0.1, 0.15) is 49.8 Å². The quantitative estimate of drug-likeness (QED) is 0.217. The van der Waals surface area contributed by atoms with Gasteiger partial charge in [0.1, 0.15) is 25.2 Å². The molecule has 0 heterocycles. The van der Waals surface area contributed by atoms with Gasteiger partial charge < -0.3 is 19.5 Å². The first-order valence-corrected chi connectivity index (χ1v) is 13.5. The molecule has 1 aliphatic carbocycles. The minimum atomic E-state index is -1.34. The third-order valence-corrected chi connectivity index (χ3v) is 7.14. The normalized spacial score (nSPS) is 13.8. The molecular formula is C33H35NO7. The van der Waals surface area contributed by atoms with Crippen molar-refractivity contribution in [2.24, 2.45) is 11.3 Å². The highest BCUT2D eigenvalue weighted by Gasteiger charge is 2.42. The summed E-state index contributed by atoms with van der Waals surface area (Å²) in [5.74, 6) is -4.40. The molecule has 0 spiro atoms. The number of hydrogen-bond donors (Lipinski definition) is 1. The van der Waals surface area contributed by atoms with Crippen molar-refractivity contribution in [3.8, 4) is 11.1 Å². The Morgan fingerprint density at radius 2 is 1.34 bits per heavy atom. The molecule has 3 aromatic rings. The molecule has 0 aliphatic heterocycles. The van der Waals surface area contributed by atoms with Crippen LogP contribution in [0.3, 0.4) is 0 Å². The number of amides is 1. The highest BCUT2D eigenvalue weighted by Crippen LogP contribution is 2.44. The van der Waals surface area contributed by atoms with Gasteiger partial charge in [0.2, 0.25) is 5.91 Å². The highest BCUT2D eigenvalue weighted by molar-refractivity contribution is 6.00. The minimum absolute atomic E-state index is 0.0394. The number of ether oxygens (including phenoxy) is 3. The maximum atomic E-state index is 13.5. The molecule has 1 amide bonds. The lowest BCUT2D eigenvalue weighted by Crippen LogP contribution is -2.50. The molecule has 0 radical (unpaired) electrons. The summed E-state index contributed by atoms with van der Waals surface area (Å²) in [6.45, 7) is 5.23. The first-order valence-electron chi connectivity index (χ1n) is 13.5. The van der Waals surface area contributed by atoms with Gasteiger partial charge in [-0.1, -0.05) is 99.6 Å². The molecular weight excluding hydrogens is 522 g/mol. The van der Waals surface area contributed by atoms with Crippen LogP contribution in [-0.4, -0.2) is 43.6 Å². The largest absolute Gasteiger partial charge is 0.469 e. The van der Waals surface area contributed by atoms with E-state index in [1.165, 1.54) is 7.11 Å². The maximum Gasteiger partial charge on any atom is 0.329 e. The lowest BCUT2D eigenvalue weighted by Gasteiger charge is -2.29. The smallest absolute Gasteiger partial charge is 0.329 e. The third-order valence-electron chi connectivity index (χ3n) is 7.14. The van der Waals surface area contributed by atoms with E-state index in [-0.39, 0.29) is 19.1 Å². The summed E-state index contributed by atoms with van der Waals surface area (Å²) in [5, 5.41) is 2.55. The van der Waals surface area contributed by atoms with E-state index in [1.807, 2.05) is 54.6 Å². The van der Waals surface area contributed by atoms with E-state index in [9.17, 15) is 19.2 Å². The third kappa shape index (κ3) is 7.01. The van der Waals surface area contributed by atoms with Gasteiger partial charge in [-0.3, -0.25) is 14.4 Å². The number of carbonyl (C=O) groups is 4. The van der Waals surface area contributed by atoms with Crippen molar-refractivity contribution >= 4 is 23.8 Å². The molecule has 0 bridgehead atoms. The van der Waals surface area contributed by atoms with E-state index < -0.39 is 47.6 Å². The molecule has 1 aliphatic rings. The number of hydrogen-bond acceptors (Lipinski definition) is 7. The van der Waals surface area contributed by atoms with Gasteiger partial charge in [-0.15, -0.1) is 0 Å². The van der Waals surface area contributed by atoms with Gasteiger partial charge in [0.15, 0.2) is 0 Å². The molecule has 0 unspecified atom stereocenters. The van der Waals surface area contributed by atoms with Gasteiger partial charge in [0.05, 0.1) is 13.5 Å². The fourth-order valence-corrected chi connectivity index (χ4v) is 5.07. The second kappa shape index (κ2) is 12.8. The Morgan fingerprint density at radius 1 is 0.780 bits per heavy atom. The second-order valence-electron chi connectivity index (χ2n) is 11.1. The Labute approximate surface area is 240 Å². The van der Waals surface area contributed by atoms with Gasteiger partial charge in [-0.25, -0.2) is 4.79 Å². The summed E-state index contributed by atoms with van der Waals surface area (Å²) in [5.41, 5.74) is 4.18. The van der Waals surface area contributed by atoms with Crippen LogP contribution in [0.5, 0.6) is 0 Å². The highest BCUT2D eigenvalue weighted by atomic mass is 16.5. The van der Waals surface area contributed by atoms with Crippen LogP contribution in [0.15, 0.2) is 78.9 Å². The molecule has 0 saturated carbocycles. The number of esters is 3. The summed E-state index contributed by atoms with van der Waals surface area (Å²) < 4.78 is 15.9. The molecule has 4 rings (SSSR count). The van der Waals surface area contributed by atoms with Crippen molar-refractivity contribution in [1.29, 1.82) is 0 Å². The number of fused-ring (bicyclic) bond motifs is 3. The Kier molecular flexibility index (Phi) is 9.22. The van der Waals surface area contributed by atoms with Crippen molar-refractivity contribution in [1.82, 2.24) is 5.32 Å². The SMILES string of the molecule is COC(=O)C[C@H](NC(=O)[C@@H](C(=O)OCC1c2ccccc2-c2ccccc21)C(C)(C)C)C(=O)OCc1ccccc1. The average molecular weight is 558 g/mol. The van der Waals surface area contributed by atoms with Crippen LogP contribution in [0.4, 0.5) is 0 Å². The Bertz CT molecular complexity index is 1360. The van der Waals surface area contributed by atoms with Crippen molar-refractivity contribution in [2.75, 3.05) is 13.7 Å². The fraction of sp³-hybridized carbons (Fsp3) is 0.333. The molecule has 2 atom stereocenters. The standard InChI is InChI=1S/C33H35NO7/c1-33(2,3)29(30(36)34-27(18-28(35)39-4)31(37)40-19-21-12-6-5-7-13-21)32(38)41-20-26-24-16-10-8-14-22(24)23-15-9-11-17-25(23)26/h5-17,26-27,29H,18-20H2,1-4H3,(H,34,36)/t27-,29-/m0/s1. The van der Waals surface area contributed by atoms with Gasteiger partial charge in [-0.05, 0) is 33.2 Å². The zero-order valence-corrected chi connectivity index (χ0v) is 23.7. The number of benzene rings is 3. The van der Waals surface area contributed by atoms with E-state index in [4.69, 9.17) is 14.2 Å². The summed E-state index contributed by atoms with van der Waals surface area (Å²) in [6, 6.07) is 23.6. The van der Waals surface area contributed by atoms with E-state index in [2.05, 4.69) is 5.32 Å². The zero-order valence-electron chi connectivity index (χ0n) is 23.7. The van der Waals surface area contributed by atoms with Crippen LogP contribution in [0, 0.1) is 11.3 Å². The number of carbonyl (C=O) groups excluding carboxylic acids is 4. The van der Waals surface area contributed by atoms with Gasteiger partial charge >= 0.3 is 17.9 Å². The summed E-state index contributed by atoms with van der Waals surface area (Å²) in [7, 11) is 1.19.